The van der Waals surface area contributed by atoms with Crippen LogP contribution in [-0.4, -0.2) is 16.9 Å². The van der Waals surface area contributed by atoms with E-state index in [2.05, 4.69) is 6.07 Å². The van der Waals surface area contributed by atoms with Crippen molar-refractivity contribution in [1.29, 1.82) is 5.26 Å². The van der Waals surface area contributed by atoms with Crippen LogP contribution in [0.2, 0.25) is 0 Å². The number of nitriles is 1. The van der Waals surface area contributed by atoms with E-state index in [4.69, 9.17) is 10.4 Å². The highest BCUT2D eigenvalue weighted by Gasteiger charge is 2.59. The van der Waals surface area contributed by atoms with E-state index < -0.39 is 5.97 Å². The quantitative estimate of drug-likeness (QED) is 0.783. The average Bonchev–Trinajstić information content (AvgIpc) is 2.90. The number of carbonyl (C=O) groups excluding carboxylic acids is 1. The third kappa shape index (κ3) is 1.41. The third-order valence-corrected chi connectivity index (χ3v) is 5.04. The van der Waals surface area contributed by atoms with E-state index in [1.807, 2.05) is 0 Å². The molecule has 0 aliphatic heterocycles. The average molecular weight is 233 g/mol. The van der Waals surface area contributed by atoms with Crippen molar-refractivity contribution in [2.24, 2.45) is 35.5 Å². The Bertz CT molecular complexity index is 425. The number of ketones is 1. The fourth-order valence-electron chi connectivity index (χ4n) is 4.52. The van der Waals surface area contributed by atoms with Crippen LogP contribution in [-0.2, 0) is 9.59 Å². The van der Waals surface area contributed by atoms with Gasteiger partial charge >= 0.3 is 5.97 Å². The Morgan fingerprint density at radius 2 is 2.12 bits per heavy atom. The largest absolute Gasteiger partial charge is 0.481 e. The topological polar surface area (TPSA) is 78.2 Å². The minimum Gasteiger partial charge on any atom is -0.481 e. The van der Waals surface area contributed by atoms with Gasteiger partial charge in [-0.05, 0) is 37.0 Å². The molecule has 3 saturated carbocycles. The van der Waals surface area contributed by atoms with Gasteiger partial charge in [0, 0.05) is 17.8 Å². The predicted molar refractivity (Wildman–Crippen MR) is 57.7 cm³/mol. The van der Waals surface area contributed by atoms with Gasteiger partial charge in [0.15, 0.2) is 0 Å². The van der Waals surface area contributed by atoms with Crippen molar-refractivity contribution in [3.8, 4) is 6.07 Å². The summed E-state index contributed by atoms with van der Waals surface area (Å²) < 4.78 is 0. The summed E-state index contributed by atoms with van der Waals surface area (Å²) >= 11 is 0. The second-order valence-electron chi connectivity index (χ2n) is 5.75. The van der Waals surface area contributed by atoms with Gasteiger partial charge in [0.25, 0.3) is 0 Å². The van der Waals surface area contributed by atoms with Crippen molar-refractivity contribution >= 4 is 11.8 Å². The Balaban J connectivity index is 1.80. The fraction of sp³-hybridized carbons (Fsp3) is 0.769. The molecule has 4 heteroatoms. The maximum atomic E-state index is 12.2. The van der Waals surface area contributed by atoms with Gasteiger partial charge in [0.05, 0.1) is 12.5 Å². The number of fused-ring (bicyclic) bond motifs is 5. The van der Waals surface area contributed by atoms with Gasteiger partial charge in [-0.3, -0.25) is 9.59 Å². The lowest BCUT2D eigenvalue weighted by molar-refractivity contribution is -0.140. The number of carboxylic acids is 1. The molecule has 0 heterocycles. The van der Waals surface area contributed by atoms with Crippen molar-refractivity contribution in [2.45, 2.75) is 25.7 Å². The van der Waals surface area contributed by atoms with Crippen LogP contribution >= 0.6 is 0 Å². The highest BCUT2D eigenvalue weighted by Crippen LogP contribution is 2.61. The van der Waals surface area contributed by atoms with Crippen molar-refractivity contribution in [2.75, 3.05) is 0 Å². The summed E-state index contributed by atoms with van der Waals surface area (Å²) in [5.41, 5.74) is 0. The zero-order valence-corrected chi connectivity index (χ0v) is 9.50. The summed E-state index contributed by atoms with van der Waals surface area (Å²) in [4.78, 5) is 22.9. The van der Waals surface area contributed by atoms with E-state index >= 15 is 0 Å². The molecule has 3 aliphatic carbocycles. The molecule has 0 spiro atoms. The van der Waals surface area contributed by atoms with E-state index in [1.54, 1.807) is 0 Å². The van der Waals surface area contributed by atoms with Gasteiger partial charge in [-0.2, -0.15) is 5.26 Å². The van der Waals surface area contributed by atoms with Crippen molar-refractivity contribution in [3.63, 3.8) is 0 Å². The monoisotopic (exact) mass is 233 g/mol. The molecule has 4 nitrogen and oxygen atoms in total. The molecule has 2 bridgehead atoms. The Labute approximate surface area is 99.6 Å². The minimum absolute atomic E-state index is 0.0253. The Kier molecular flexibility index (Phi) is 2.25. The first-order chi connectivity index (χ1) is 8.11. The first kappa shape index (κ1) is 10.8. The highest BCUT2D eigenvalue weighted by atomic mass is 16.4. The summed E-state index contributed by atoms with van der Waals surface area (Å²) in [6, 6.07) is 2.35. The highest BCUT2D eigenvalue weighted by molar-refractivity contribution is 5.89. The number of nitrogens with zero attached hydrogens (tertiary/aromatic N) is 1. The summed E-state index contributed by atoms with van der Waals surface area (Å²) in [7, 11) is 0. The molecular formula is C13H15NO3. The summed E-state index contributed by atoms with van der Waals surface area (Å²) in [6.45, 7) is 0. The van der Waals surface area contributed by atoms with E-state index in [9.17, 15) is 9.59 Å². The molecule has 0 saturated heterocycles. The van der Waals surface area contributed by atoms with Crippen molar-refractivity contribution in [1.82, 2.24) is 0 Å². The molecule has 0 radical (unpaired) electrons. The van der Waals surface area contributed by atoms with Crippen molar-refractivity contribution < 1.29 is 14.7 Å². The van der Waals surface area contributed by atoms with Crippen LogP contribution in [0.1, 0.15) is 25.7 Å². The zero-order chi connectivity index (χ0) is 12.2. The van der Waals surface area contributed by atoms with E-state index in [0.29, 0.717) is 24.2 Å². The number of carbonyl (C=O) groups is 2. The molecular weight excluding hydrogens is 218 g/mol. The molecule has 3 rings (SSSR count). The normalized spacial score (nSPS) is 46.9. The van der Waals surface area contributed by atoms with Gasteiger partial charge in [0.2, 0.25) is 0 Å². The van der Waals surface area contributed by atoms with Crippen molar-refractivity contribution in [3.05, 3.63) is 0 Å². The summed E-state index contributed by atoms with van der Waals surface area (Å²) in [5, 5.41) is 17.9. The summed E-state index contributed by atoms with van der Waals surface area (Å²) in [5.74, 6) is 0.208. The van der Waals surface area contributed by atoms with Crippen LogP contribution in [0.3, 0.4) is 0 Å². The predicted octanol–water partition coefficient (Wildman–Crippen LogP) is 1.46. The second-order valence-corrected chi connectivity index (χ2v) is 5.75. The lowest BCUT2D eigenvalue weighted by atomic mass is 9.76. The van der Waals surface area contributed by atoms with Gasteiger partial charge in [-0.25, -0.2) is 0 Å². The van der Waals surface area contributed by atoms with E-state index in [0.717, 1.165) is 12.8 Å². The Morgan fingerprint density at radius 3 is 2.76 bits per heavy atom. The minimum atomic E-state index is -0.882. The van der Waals surface area contributed by atoms with Gasteiger partial charge in [-0.15, -0.1) is 0 Å². The third-order valence-electron chi connectivity index (χ3n) is 5.04. The van der Waals surface area contributed by atoms with Crippen LogP contribution < -0.4 is 0 Å². The Morgan fingerprint density at radius 1 is 1.35 bits per heavy atom. The molecule has 3 fully saturated rings. The maximum Gasteiger partial charge on any atom is 0.304 e. The smallest absolute Gasteiger partial charge is 0.304 e. The molecule has 0 aromatic carbocycles. The fourth-order valence-corrected chi connectivity index (χ4v) is 4.52. The maximum absolute atomic E-state index is 12.2. The van der Waals surface area contributed by atoms with Crippen LogP contribution in [0.15, 0.2) is 0 Å². The molecule has 0 aromatic rings. The molecule has 1 N–H and O–H groups in total. The number of rotatable bonds is 2. The summed E-state index contributed by atoms with van der Waals surface area (Å²) in [6.07, 6.45) is 2.55. The van der Waals surface area contributed by atoms with Crippen LogP contribution in [0.4, 0.5) is 0 Å². The van der Waals surface area contributed by atoms with E-state index in [1.165, 1.54) is 0 Å². The van der Waals surface area contributed by atoms with Crippen LogP contribution in [0, 0.1) is 46.8 Å². The molecule has 90 valence electrons. The van der Waals surface area contributed by atoms with E-state index in [-0.39, 0.29) is 30.0 Å². The lowest BCUT2D eigenvalue weighted by Crippen LogP contribution is -2.27. The van der Waals surface area contributed by atoms with Gasteiger partial charge < -0.3 is 5.11 Å². The first-order valence-corrected chi connectivity index (χ1v) is 6.27. The zero-order valence-electron chi connectivity index (χ0n) is 9.50. The second kappa shape index (κ2) is 3.56. The molecule has 0 aromatic heterocycles. The van der Waals surface area contributed by atoms with Crippen LogP contribution in [0.25, 0.3) is 0 Å². The SMILES string of the molecule is N#CC1CC2CC1C1CC(CC(=O)O)C(=O)C21. The number of aliphatic carboxylic acids is 1. The molecule has 6 unspecified atom stereocenters. The van der Waals surface area contributed by atoms with Gasteiger partial charge in [0.1, 0.15) is 5.78 Å². The standard InChI is InChI=1S/C13H15NO3/c14-5-8-1-6-2-9(8)10-3-7(4-11(15)16)13(17)12(6)10/h6-10,12H,1-4H2,(H,15,16). The molecule has 0 amide bonds. The number of hydrogen-bond donors (Lipinski definition) is 1. The number of hydrogen-bond acceptors (Lipinski definition) is 3. The Hall–Kier alpha value is -1.37. The molecule has 6 atom stereocenters. The number of carboxylic acid groups (broad SMARTS) is 1. The molecule has 3 aliphatic rings. The van der Waals surface area contributed by atoms with Gasteiger partial charge in [-0.1, -0.05) is 0 Å². The number of Topliss-reactive ketones (excluding diaryl/α,β-unsaturated/α-hetero) is 1. The lowest BCUT2D eigenvalue weighted by Gasteiger charge is -2.26. The van der Waals surface area contributed by atoms with Crippen LogP contribution in [0.5, 0.6) is 0 Å². The molecule has 17 heavy (non-hydrogen) atoms. The first-order valence-electron chi connectivity index (χ1n) is 6.27.